The van der Waals surface area contributed by atoms with Crippen molar-refractivity contribution in [2.75, 3.05) is 13.4 Å². The molecule has 0 radical (unpaired) electrons. The van der Waals surface area contributed by atoms with Gasteiger partial charge in [0.2, 0.25) is 5.89 Å². The molecule has 2 heterocycles. The third kappa shape index (κ3) is 5.46. The summed E-state index contributed by atoms with van der Waals surface area (Å²) in [7, 11) is 1.63. The lowest BCUT2D eigenvalue weighted by atomic mass is 10.2. The van der Waals surface area contributed by atoms with Crippen LogP contribution in [0.4, 0.5) is 13.2 Å². The molecule has 0 aliphatic heterocycles. The molecule has 1 aromatic carbocycles. The number of hydrogen-bond acceptors (Lipinski definition) is 7. The predicted octanol–water partition coefficient (Wildman–Crippen LogP) is 4.16. The SMILES string of the molecule is COc1cc(SC)ccc1-c1nnc(-c2cccnc2)o1.O=C(O)C(F)(F)F. The first-order chi connectivity index (χ1) is 13.3. The van der Waals surface area contributed by atoms with Crippen molar-refractivity contribution in [1.82, 2.24) is 15.2 Å². The van der Waals surface area contributed by atoms with Gasteiger partial charge in [0.1, 0.15) is 5.75 Å². The van der Waals surface area contributed by atoms with Gasteiger partial charge >= 0.3 is 12.1 Å². The molecule has 7 nitrogen and oxygen atoms in total. The van der Waals surface area contributed by atoms with Crippen LogP contribution in [-0.4, -0.2) is 45.8 Å². The van der Waals surface area contributed by atoms with E-state index in [1.165, 1.54) is 0 Å². The first kappa shape index (κ1) is 21.2. The van der Waals surface area contributed by atoms with Crippen LogP contribution in [0, 0.1) is 0 Å². The Bertz CT molecular complexity index is 933. The number of benzene rings is 1. The molecule has 0 spiro atoms. The number of halogens is 3. The summed E-state index contributed by atoms with van der Waals surface area (Å²) in [6.45, 7) is 0. The number of rotatable bonds is 4. The molecule has 148 valence electrons. The fraction of sp³-hybridized carbons (Fsp3) is 0.176. The standard InChI is InChI=1S/C15H13N3O2S.C2HF3O2/c1-19-13-8-11(21-2)5-6-12(13)15-18-17-14(20-15)10-4-3-7-16-9-10;3-2(4,5)1(6)7/h3-9H,1-2H3;(H,6,7). The fourth-order valence-electron chi connectivity index (χ4n) is 1.91. The van der Waals surface area contributed by atoms with Crippen LogP contribution in [0.15, 0.2) is 52.0 Å². The third-order valence-corrected chi connectivity index (χ3v) is 3.94. The molecular weight excluding hydrogens is 399 g/mol. The van der Waals surface area contributed by atoms with E-state index in [0.29, 0.717) is 17.5 Å². The average molecular weight is 413 g/mol. The van der Waals surface area contributed by atoms with Crippen LogP contribution >= 0.6 is 11.8 Å². The van der Waals surface area contributed by atoms with Gasteiger partial charge in [-0.25, -0.2) is 4.79 Å². The molecule has 0 amide bonds. The largest absolute Gasteiger partial charge is 0.496 e. The Morgan fingerprint density at radius 3 is 2.43 bits per heavy atom. The molecule has 11 heteroatoms. The van der Waals surface area contributed by atoms with Gasteiger partial charge in [-0.15, -0.1) is 22.0 Å². The van der Waals surface area contributed by atoms with E-state index in [9.17, 15) is 13.2 Å². The van der Waals surface area contributed by atoms with Crippen molar-refractivity contribution in [1.29, 1.82) is 0 Å². The van der Waals surface area contributed by atoms with Gasteiger partial charge in [-0.2, -0.15) is 13.2 Å². The van der Waals surface area contributed by atoms with Crippen LogP contribution in [0.2, 0.25) is 0 Å². The predicted molar refractivity (Wildman–Crippen MR) is 95.0 cm³/mol. The van der Waals surface area contributed by atoms with Crippen molar-refractivity contribution >= 4 is 17.7 Å². The summed E-state index contributed by atoms with van der Waals surface area (Å²) in [6, 6.07) is 9.57. The quantitative estimate of drug-likeness (QED) is 0.637. The zero-order valence-corrected chi connectivity index (χ0v) is 15.4. The molecule has 28 heavy (non-hydrogen) atoms. The van der Waals surface area contributed by atoms with E-state index in [1.807, 2.05) is 36.6 Å². The van der Waals surface area contributed by atoms with E-state index in [0.717, 1.165) is 16.0 Å². The number of thioether (sulfide) groups is 1. The van der Waals surface area contributed by atoms with E-state index < -0.39 is 12.1 Å². The Hall–Kier alpha value is -3.08. The molecule has 0 fully saturated rings. The van der Waals surface area contributed by atoms with E-state index in [-0.39, 0.29) is 0 Å². The highest BCUT2D eigenvalue weighted by atomic mass is 32.2. The lowest BCUT2D eigenvalue weighted by Gasteiger charge is -2.06. The first-order valence-corrected chi connectivity index (χ1v) is 8.75. The van der Waals surface area contributed by atoms with Gasteiger partial charge in [0, 0.05) is 17.3 Å². The van der Waals surface area contributed by atoms with E-state index in [1.54, 1.807) is 31.3 Å². The second-order valence-electron chi connectivity index (χ2n) is 5.02. The zero-order chi connectivity index (χ0) is 20.7. The second-order valence-corrected chi connectivity index (χ2v) is 5.90. The van der Waals surface area contributed by atoms with Crippen molar-refractivity contribution in [2.45, 2.75) is 11.1 Å². The molecule has 0 unspecified atom stereocenters. The van der Waals surface area contributed by atoms with Crippen LogP contribution in [0.1, 0.15) is 0 Å². The molecule has 0 aliphatic rings. The van der Waals surface area contributed by atoms with Crippen molar-refractivity contribution in [2.24, 2.45) is 0 Å². The molecule has 0 saturated heterocycles. The summed E-state index contributed by atoms with van der Waals surface area (Å²) in [5.41, 5.74) is 1.56. The van der Waals surface area contributed by atoms with E-state index >= 15 is 0 Å². The molecule has 0 saturated carbocycles. The normalized spacial score (nSPS) is 10.8. The summed E-state index contributed by atoms with van der Waals surface area (Å²) in [5, 5.41) is 15.3. The summed E-state index contributed by atoms with van der Waals surface area (Å²) in [4.78, 5) is 14.1. The van der Waals surface area contributed by atoms with Crippen molar-refractivity contribution in [3.05, 3.63) is 42.7 Å². The maximum absolute atomic E-state index is 10.6. The number of aliphatic carboxylic acids is 1. The minimum atomic E-state index is -5.08. The maximum Gasteiger partial charge on any atom is 0.490 e. The number of alkyl halides is 3. The maximum atomic E-state index is 10.6. The van der Waals surface area contributed by atoms with Gasteiger partial charge in [0.15, 0.2) is 0 Å². The van der Waals surface area contributed by atoms with Gasteiger partial charge in [-0.05, 0) is 36.6 Å². The smallest absolute Gasteiger partial charge is 0.490 e. The topological polar surface area (TPSA) is 98.3 Å². The number of ether oxygens (including phenoxy) is 1. The lowest BCUT2D eigenvalue weighted by molar-refractivity contribution is -0.192. The van der Waals surface area contributed by atoms with E-state index in [2.05, 4.69) is 15.2 Å². The fourth-order valence-corrected chi connectivity index (χ4v) is 2.34. The van der Waals surface area contributed by atoms with Crippen molar-refractivity contribution < 1.29 is 32.2 Å². The minimum Gasteiger partial charge on any atom is -0.496 e. The highest BCUT2D eigenvalue weighted by Crippen LogP contribution is 2.33. The number of nitrogens with zero attached hydrogens (tertiary/aromatic N) is 3. The van der Waals surface area contributed by atoms with Gasteiger partial charge in [0.25, 0.3) is 5.89 Å². The molecule has 0 atom stereocenters. The van der Waals surface area contributed by atoms with Crippen LogP contribution in [0.3, 0.4) is 0 Å². The molecular formula is C17H14F3N3O4S. The van der Waals surface area contributed by atoms with Gasteiger partial charge in [0.05, 0.1) is 18.2 Å². The minimum absolute atomic E-state index is 0.429. The number of methoxy groups -OCH3 is 1. The third-order valence-electron chi connectivity index (χ3n) is 3.22. The average Bonchev–Trinajstić information content (AvgIpc) is 3.18. The van der Waals surface area contributed by atoms with E-state index in [4.69, 9.17) is 19.1 Å². The molecule has 3 rings (SSSR count). The van der Waals surface area contributed by atoms with Crippen LogP contribution in [0.5, 0.6) is 5.75 Å². The highest BCUT2D eigenvalue weighted by molar-refractivity contribution is 7.98. The number of hydrogen-bond donors (Lipinski definition) is 1. The van der Waals surface area contributed by atoms with Gasteiger partial charge in [-0.1, -0.05) is 0 Å². The Morgan fingerprint density at radius 1 is 1.21 bits per heavy atom. The molecule has 0 aliphatic carbocycles. The monoisotopic (exact) mass is 413 g/mol. The molecule has 1 N–H and O–H groups in total. The van der Waals surface area contributed by atoms with Crippen LogP contribution < -0.4 is 4.74 Å². The highest BCUT2D eigenvalue weighted by Gasteiger charge is 2.38. The van der Waals surface area contributed by atoms with Crippen molar-refractivity contribution in [3.63, 3.8) is 0 Å². The van der Waals surface area contributed by atoms with Crippen LogP contribution in [0.25, 0.3) is 22.9 Å². The lowest BCUT2D eigenvalue weighted by Crippen LogP contribution is -2.21. The van der Waals surface area contributed by atoms with Gasteiger partial charge in [-0.3, -0.25) is 4.98 Å². The Labute approximate surface area is 161 Å². The number of carboxylic acids is 1. The molecule has 3 aromatic rings. The Morgan fingerprint density at radius 2 is 1.89 bits per heavy atom. The Balaban J connectivity index is 0.000000345. The second kappa shape index (κ2) is 9.22. The summed E-state index contributed by atoms with van der Waals surface area (Å²) in [6.07, 6.45) is 0.317. The summed E-state index contributed by atoms with van der Waals surface area (Å²) in [5.74, 6) is -1.18. The molecule has 2 aromatic heterocycles. The van der Waals surface area contributed by atoms with Crippen molar-refractivity contribution in [3.8, 4) is 28.7 Å². The zero-order valence-electron chi connectivity index (χ0n) is 14.6. The number of carbonyl (C=O) groups is 1. The Kier molecular flexibility index (Phi) is 6.99. The number of pyridine rings is 1. The number of carboxylic acid groups (broad SMARTS) is 1. The number of aromatic nitrogens is 3. The summed E-state index contributed by atoms with van der Waals surface area (Å²) >= 11 is 1.65. The molecule has 0 bridgehead atoms. The summed E-state index contributed by atoms with van der Waals surface area (Å²) < 4.78 is 42.9. The van der Waals surface area contributed by atoms with Crippen LogP contribution in [-0.2, 0) is 4.79 Å². The van der Waals surface area contributed by atoms with Gasteiger partial charge < -0.3 is 14.3 Å². The first-order valence-electron chi connectivity index (χ1n) is 7.52.